The van der Waals surface area contributed by atoms with Gasteiger partial charge in [-0.15, -0.1) is 0 Å². The van der Waals surface area contributed by atoms with E-state index in [-0.39, 0.29) is 17.6 Å². The van der Waals surface area contributed by atoms with Gasteiger partial charge < -0.3 is 5.32 Å². The Morgan fingerprint density at radius 1 is 1.10 bits per heavy atom. The highest BCUT2D eigenvalue weighted by molar-refractivity contribution is 9.10. The summed E-state index contributed by atoms with van der Waals surface area (Å²) >= 11 is 3.21. The molecule has 0 aliphatic carbocycles. The van der Waals surface area contributed by atoms with E-state index in [1.165, 1.54) is 18.2 Å². The van der Waals surface area contributed by atoms with Gasteiger partial charge >= 0.3 is 0 Å². The summed E-state index contributed by atoms with van der Waals surface area (Å²) < 4.78 is 26.8. The van der Waals surface area contributed by atoms with Crippen molar-refractivity contribution >= 4 is 15.9 Å². The summed E-state index contributed by atoms with van der Waals surface area (Å²) in [6.07, 6.45) is 0.775. The zero-order valence-electron chi connectivity index (χ0n) is 11.9. The van der Waals surface area contributed by atoms with E-state index < -0.39 is 0 Å². The smallest absolute Gasteiger partial charge is 0.137 e. The Bertz CT molecular complexity index is 584. The fourth-order valence-corrected chi connectivity index (χ4v) is 2.74. The number of nitrogens with one attached hydrogen (secondary N) is 1. The molecule has 0 aliphatic rings. The summed E-state index contributed by atoms with van der Waals surface area (Å²) in [7, 11) is 0. The van der Waals surface area contributed by atoms with Crippen molar-refractivity contribution in [2.75, 3.05) is 13.1 Å². The van der Waals surface area contributed by atoms with Crippen LogP contribution in [0, 0.1) is 11.6 Å². The van der Waals surface area contributed by atoms with Gasteiger partial charge in [0.2, 0.25) is 0 Å². The van der Waals surface area contributed by atoms with Crippen LogP contribution in [-0.4, -0.2) is 13.1 Å². The van der Waals surface area contributed by atoms with Crippen LogP contribution in [0.3, 0.4) is 0 Å². The van der Waals surface area contributed by atoms with Gasteiger partial charge in [-0.3, -0.25) is 0 Å². The first-order chi connectivity index (χ1) is 10.1. The molecule has 1 atom stereocenters. The first kappa shape index (κ1) is 16.1. The van der Waals surface area contributed by atoms with Gasteiger partial charge in [-0.05, 0) is 64.3 Å². The summed E-state index contributed by atoms with van der Waals surface area (Å²) in [5.41, 5.74) is 2.13. The molecule has 1 nitrogen and oxygen atoms in total. The quantitative estimate of drug-likeness (QED) is 0.795. The first-order valence-corrected chi connectivity index (χ1v) is 7.79. The molecule has 4 heteroatoms. The summed E-state index contributed by atoms with van der Waals surface area (Å²) in [6.45, 7) is 3.73. The van der Waals surface area contributed by atoms with Crippen molar-refractivity contribution in [3.8, 4) is 0 Å². The Morgan fingerprint density at radius 2 is 1.81 bits per heavy atom. The summed E-state index contributed by atoms with van der Waals surface area (Å²) in [4.78, 5) is 0. The van der Waals surface area contributed by atoms with Gasteiger partial charge in [-0.2, -0.15) is 0 Å². The van der Waals surface area contributed by atoms with Gasteiger partial charge in [-0.1, -0.05) is 25.1 Å². The average Bonchev–Trinajstić information content (AvgIpc) is 2.48. The first-order valence-electron chi connectivity index (χ1n) is 7.00. The number of hydrogen-bond acceptors (Lipinski definition) is 1. The van der Waals surface area contributed by atoms with Crippen molar-refractivity contribution in [3.63, 3.8) is 0 Å². The van der Waals surface area contributed by atoms with Gasteiger partial charge in [0, 0.05) is 12.5 Å². The third-order valence-electron chi connectivity index (χ3n) is 3.45. The van der Waals surface area contributed by atoms with Crippen LogP contribution in [0.2, 0.25) is 0 Å². The van der Waals surface area contributed by atoms with E-state index >= 15 is 0 Å². The van der Waals surface area contributed by atoms with Crippen LogP contribution in [0.4, 0.5) is 8.78 Å². The standard InChI is InChI=1S/C17H18BrF2N/c1-2-21-11-14(13-4-6-15(19)7-5-13)9-12-3-8-17(20)16(18)10-12/h3-8,10,14,21H,2,9,11H2,1H3. The van der Waals surface area contributed by atoms with Crippen LogP contribution >= 0.6 is 15.9 Å². The molecule has 1 unspecified atom stereocenters. The maximum Gasteiger partial charge on any atom is 0.137 e. The minimum absolute atomic E-state index is 0.225. The second-order valence-corrected chi connectivity index (χ2v) is 5.86. The lowest BCUT2D eigenvalue weighted by atomic mass is 9.92. The molecule has 2 aromatic carbocycles. The van der Waals surface area contributed by atoms with E-state index in [9.17, 15) is 8.78 Å². The molecule has 2 rings (SSSR count). The minimum atomic E-state index is -0.260. The Hall–Kier alpha value is -1.26. The zero-order valence-corrected chi connectivity index (χ0v) is 13.5. The Labute approximate surface area is 132 Å². The maximum absolute atomic E-state index is 13.3. The van der Waals surface area contributed by atoms with Crippen molar-refractivity contribution in [3.05, 3.63) is 69.7 Å². The van der Waals surface area contributed by atoms with Crippen LogP contribution < -0.4 is 5.32 Å². The third-order valence-corrected chi connectivity index (χ3v) is 4.06. The second-order valence-electron chi connectivity index (χ2n) is 5.01. The summed E-state index contributed by atoms with van der Waals surface area (Å²) in [5, 5.41) is 3.33. The lowest BCUT2D eigenvalue weighted by Crippen LogP contribution is -2.22. The Morgan fingerprint density at radius 3 is 2.43 bits per heavy atom. The topological polar surface area (TPSA) is 12.0 Å². The molecule has 0 radical (unpaired) electrons. The highest BCUT2D eigenvalue weighted by Crippen LogP contribution is 2.24. The third kappa shape index (κ3) is 4.61. The number of rotatable bonds is 6. The van der Waals surface area contributed by atoms with Crippen LogP contribution in [-0.2, 0) is 6.42 Å². The summed E-state index contributed by atoms with van der Waals surface area (Å²) in [6, 6.07) is 11.7. The van der Waals surface area contributed by atoms with Crippen LogP contribution in [0.5, 0.6) is 0 Å². The van der Waals surface area contributed by atoms with Crippen LogP contribution in [0.15, 0.2) is 46.9 Å². The fraction of sp³-hybridized carbons (Fsp3) is 0.294. The minimum Gasteiger partial charge on any atom is -0.316 e. The fourth-order valence-electron chi connectivity index (χ4n) is 2.31. The van der Waals surface area contributed by atoms with Gasteiger partial charge in [0.1, 0.15) is 11.6 Å². The van der Waals surface area contributed by atoms with Crippen molar-refractivity contribution in [1.29, 1.82) is 0 Å². The maximum atomic E-state index is 13.3. The number of benzene rings is 2. The lowest BCUT2D eigenvalue weighted by Gasteiger charge is -2.18. The molecular weight excluding hydrogens is 336 g/mol. The normalized spacial score (nSPS) is 12.4. The molecule has 0 saturated heterocycles. The van der Waals surface area contributed by atoms with Crippen molar-refractivity contribution in [2.24, 2.45) is 0 Å². The molecule has 0 bridgehead atoms. The van der Waals surface area contributed by atoms with E-state index in [1.54, 1.807) is 12.1 Å². The predicted octanol–water partition coefficient (Wildman–Crippen LogP) is 4.66. The number of likely N-dealkylation sites (N-methyl/N-ethyl adjacent to an activating group) is 1. The largest absolute Gasteiger partial charge is 0.316 e. The molecule has 21 heavy (non-hydrogen) atoms. The number of hydrogen-bond donors (Lipinski definition) is 1. The molecule has 0 heterocycles. The SMILES string of the molecule is CCNCC(Cc1ccc(F)c(Br)c1)c1ccc(F)cc1. The van der Waals surface area contributed by atoms with Crippen molar-refractivity contribution < 1.29 is 8.78 Å². The van der Waals surface area contributed by atoms with Crippen molar-refractivity contribution in [2.45, 2.75) is 19.3 Å². The Balaban J connectivity index is 2.19. The van der Waals surface area contributed by atoms with E-state index in [4.69, 9.17) is 0 Å². The molecule has 0 aliphatic heterocycles. The molecule has 0 aromatic heterocycles. The van der Waals surface area contributed by atoms with E-state index in [2.05, 4.69) is 28.2 Å². The van der Waals surface area contributed by atoms with Crippen LogP contribution in [0.25, 0.3) is 0 Å². The second kappa shape index (κ2) is 7.66. The monoisotopic (exact) mass is 353 g/mol. The molecule has 0 fully saturated rings. The lowest BCUT2D eigenvalue weighted by molar-refractivity contribution is 0.587. The molecule has 0 saturated carbocycles. The molecule has 0 spiro atoms. The number of halogens is 3. The molecular formula is C17H18BrF2N. The van der Waals surface area contributed by atoms with Gasteiger partial charge in [0.05, 0.1) is 4.47 Å². The van der Waals surface area contributed by atoms with Gasteiger partial charge in [0.25, 0.3) is 0 Å². The van der Waals surface area contributed by atoms with Gasteiger partial charge in [0.15, 0.2) is 0 Å². The predicted molar refractivity (Wildman–Crippen MR) is 85.5 cm³/mol. The molecule has 1 N–H and O–H groups in total. The summed E-state index contributed by atoms with van der Waals surface area (Å²) in [5.74, 6) is -0.267. The molecule has 2 aromatic rings. The van der Waals surface area contributed by atoms with Crippen LogP contribution in [0.1, 0.15) is 24.0 Å². The van der Waals surface area contributed by atoms with Crippen molar-refractivity contribution in [1.82, 2.24) is 5.32 Å². The van der Waals surface area contributed by atoms with E-state index in [1.807, 2.05) is 12.1 Å². The highest BCUT2D eigenvalue weighted by Gasteiger charge is 2.13. The zero-order chi connectivity index (χ0) is 15.2. The Kier molecular flexibility index (Phi) is 5.88. The van der Waals surface area contributed by atoms with E-state index in [0.717, 1.165) is 30.6 Å². The van der Waals surface area contributed by atoms with Gasteiger partial charge in [-0.25, -0.2) is 8.78 Å². The highest BCUT2D eigenvalue weighted by atomic mass is 79.9. The average molecular weight is 354 g/mol. The molecule has 112 valence electrons. The van der Waals surface area contributed by atoms with E-state index in [0.29, 0.717) is 4.47 Å². The molecule has 0 amide bonds.